The summed E-state index contributed by atoms with van der Waals surface area (Å²) in [6, 6.07) is 5.70. The van der Waals surface area contributed by atoms with Crippen molar-refractivity contribution >= 4 is 40.5 Å². The van der Waals surface area contributed by atoms with Crippen molar-refractivity contribution in [3.8, 4) is 0 Å². The summed E-state index contributed by atoms with van der Waals surface area (Å²) in [7, 11) is 0. The van der Waals surface area contributed by atoms with Crippen LogP contribution in [0.4, 0.5) is 11.4 Å². The Morgan fingerprint density at radius 2 is 2.06 bits per heavy atom. The number of halogens is 2. The minimum atomic E-state index is -0.573. The molecule has 1 aromatic rings. The fraction of sp³-hybridized carbons (Fsp3) is 0.462. The summed E-state index contributed by atoms with van der Waals surface area (Å²) >= 11 is 11.8. The van der Waals surface area contributed by atoms with E-state index in [1.165, 1.54) is 12.8 Å². The maximum Gasteiger partial charge on any atom is 0.242 e. The van der Waals surface area contributed by atoms with Crippen molar-refractivity contribution in [2.75, 3.05) is 23.3 Å². The molecule has 5 heteroatoms. The number of alkyl halides is 1. The van der Waals surface area contributed by atoms with E-state index in [0.29, 0.717) is 10.7 Å². The van der Waals surface area contributed by atoms with Crippen molar-refractivity contribution < 1.29 is 4.79 Å². The van der Waals surface area contributed by atoms with Crippen LogP contribution in [0, 0.1) is 0 Å². The van der Waals surface area contributed by atoms with E-state index in [-0.39, 0.29) is 5.91 Å². The molecule has 1 aliphatic heterocycles. The topological polar surface area (TPSA) is 32.3 Å². The monoisotopic (exact) mass is 286 g/mol. The van der Waals surface area contributed by atoms with Gasteiger partial charge in [0.1, 0.15) is 5.38 Å². The van der Waals surface area contributed by atoms with Gasteiger partial charge < -0.3 is 10.2 Å². The van der Waals surface area contributed by atoms with Crippen LogP contribution in [0.3, 0.4) is 0 Å². The normalized spacial score (nSPS) is 16.7. The van der Waals surface area contributed by atoms with E-state index in [1.807, 2.05) is 18.2 Å². The van der Waals surface area contributed by atoms with Crippen LogP contribution in [0.2, 0.25) is 5.02 Å². The first-order valence-electron chi connectivity index (χ1n) is 6.07. The van der Waals surface area contributed by atoms with Gasteiger partial charge in [-0.1, -0.05) is 11.6 Å². The van der Waals surface area contributed by atoms with E-state index in [4.69, 9.17) is 23.2 Å². The number of benzene rings is 1. The average molecular weight is 287 g/mol. The molecule has 1 unspecified atom stereocenters. The lowest BCUT2D eigenvalue weighted by Gasteiger charge is -2.19. The van der Waals surface area contributed by atoms with Crippen molar-refractivity contribution in [1.82, 2.24) is 0 Å². The molecule has 1 fully saturated rings. The number of nitrogens with one attached hydrogen (secondary N) is 1. The molecular weight excluding hydrogens is 271 g/mol. The van der Waals surface area contributed by atoms with Gasteiger partial charge in [0.05, 0.1) is 10.7 Å². The van der Waals surface area contributed by atoms with Crippen LogP contribution in [0.1, 0.15) is 19.8 Å². The van der Waals surface area contributed by atoms with E-state index in [9.17, 15) is 4.79 Å². The summed E-state index contributed by atoms with van der Waals surface area (Å²) in [6.07, 6.45) is 2.42. The first-order valence-corrected chi connectivity index (χ1v) is 6.89. The second-order valence-corrected chi connectivity index (χ2v) is 5.53. The van der Waals surface area contributed by atoms with Crippen LogP contribution < -0.4 is 10.2 Å². The van der Waals surface area contributed by atoms with Crippen LogP contribution in [0.15, 0.2) is 18.2 Å². The average Bonchev–Trinajstić information content (AvgIpc) is 2.85. The zero-order valence-electron chi connectivity index (χ0n) is 10.2. The molecule has 1 aromatic carbocycles. The lowest BCUT2D eigenvalue weighted by molar-refractivity contribution is -0.115. The first-order chi connectivity index (χ1) is 8.58. The van der Waals surface area contributed by atoms with Crippen molar-refractivity contribution in [2.45, 2.75) is 25.1 Å². The molecule has 98 valence electrons. The summed E-state index contributed by atoms with van der Waals surface area (Å²) in [5.74, 6) is -0.239. The summed E-state index contributed by atoms with van der Waals surface area (Å²) in [6.45, 7) is 3.75. The lowest BCUT2D eigenvalue weighted by Crippen LogP contribution is -2.21. The zero-order valence-corrected chi connectivity index (χ0v) is 11.8. The van der Waals surface area contributed by atoms with Gasteiger partial charge in [-0.05, 0) is 38.0 Å². The minimum absolute atomic E-state index is 0.239. The van der Waals surface area contributed by atoms with Crippen molar-refractivity contribution in [2.24, 2.45) is 0 Å². The quantitative estimate of drug-likeness (QED) is 0.863. The van der Waals surface area contributed by atoms with E-state index in [0.717, 1.165) is 18.8 Å². The second kappa shape index (κ2) is 5.81. The molecule has 1 heterocycles. The molecule has 0 aromatic heterocycles. The van der Waals surface area contributed by atoms with Gasteiger partial charge in [-0.25, -0.2) is 0 Å². The largest absolute Gasteiger partial charge is 0.371 e. The summed E-state index contributed by atoms with van der Waals surface area (Å²) in [5.41, 5.74) is 1.72. The van der Waals surface area contributed by atoms with Crippen LogP contribution >= 0.6 is 23.2 Å². The second-order valence-electron chi connectivity index (χ2n) is 4.46. The molecule has 0 saturated carbocycles. The van der Waals surface area contributed by atoms with Crippen molar-refractivity contribution in [3.05, 3.63) is 23.2 Å². The Labute approximate surface area is 117 Å². The Kier molecular flexibility index (Phi) is 4.36. The predicted octanol–water partition coefficient (Wildman–Crippen LogP) is 3.51. The molecule has 1 amide bonds. The molecule has 1 saturated heterocycles. The van der Waals surface area contributed by atoms with Crippen LogP contribution in [-0.4, -0.2) is 24.4 Å². The van der Waals surface area contributed by atoms with Gasteiger partial charge in [-0.15, -0.1) is 11.6 Å². The van der Waals surface area contributed by atoms with Gasteiger partial charge in [0, 0.05) is 18.8 Å². The van der Waals surface area contributed by atoms with Gasteiger partial charge in [0.2, 0.25) is 5.91 Å². The Hall–Kier alpha value is -0.930. The molecule has 0 spiro atoms. The smallest absolute Gasteiger partial charge is 0.242 e. The molecule has 2 rings (SSSR count). The number of nitrogens with zero attached hydrogens (tertiary/aromatic N) is 1. The Morgan fingerprint density at radius 3 is 2.67 bits per heavy atom. The fourth-order valence-electron chi connectivity index (χ4n) is 2.01. The highest BCUT2D eigenvalue weighted by Gasteiger charge is 2.15. The van der Waals surface area contributed by atoms with Gasteiger partial charge in [-0.3, -0.25) is 4.79 Å². The molecular formula is C13H16Cl2N2O. The third kappa shape index (κ3) is 3.09. The van der Waals surface area contributed by atoms with Crippen LogP contribution in [0.5, 0.6) is 0 Å². The highest BCUT2D eigenvalue weighted by molar-refractivity contribution is 6.35. The van der Waals surface area contributed by atoms with Crippen LogP contribution in [-0.2, 0) is 4.79 Å². The highest BCUT2D eigenvalue weighted by atomic mass is 35.5. The summed E-state index contributed by atoms with van der Waals surface area (Å²) in [4.78, 5) is 13.9. The third-order valence-electron chi connectivity index (χ3n) is 3.04. The molecule has 3 nitrogen and oxygen atoms in total. The molecule has 1 aliphatic rings. The van der Waals surface area contributed by atoms with E-state index in [2.05, 4.69) is 10.2 Å². The van der Waals surface area contributed by atoms with E-state index in [1.54, 1.807) is 6.92 Å². The van der Waals surface area contributed by atoms with Gasteiger partial charge in [0.25, 0.3) is 0 Å². The van der Waals surface area contributed by atoms with Gasteiger partial charge >= 0.3 is 0 Å². The minimum Gasteiger partial charge on any atom is -0.371 e. The molecule has 0 radical (unpaired) electrons. The number of carbonyl (C=O) groups excluding carboxylic acids is 1. The van der Waals surface area contributed by atoms with E-state index < -0.39 is 5.38 Å². The molecule has 0 bridgehead atoms. The Bertz CT molecular complexity index is 443. The van der Waals surface area contributed by atoms with E-state index >= 15 is 0 Å². The molecule has 18 heavy (non-hydrogen) atoms. The maximum absolute atomic E-state index is 11.6. The highest BCUT2D eigenvalue weighted by Crippen LogP contribution is 2.29. The van der Waals surface area contributed by atoms with Gasteiger partial charge in [0.15, 0.2) is 0 Å². The zero-order chi connectivity index (χ0) is 13.1. The summed E-state index contributed by atoms with van der Waals surface area (Å²) in [5, 5.41) is 2.70. The Morgan fingerprint density at radius 1 is 1.39 bits per heavy atom. The first kappa shape index (κ1) is 13.5. The number of carbonyl (C=O) groups is 1. The van der Waals surface area contributed by atoms with Gasteiger partial charge in [-0.2, -0.15) is 0 Å². The number of rotatable bonds is 3. The standard InChI is InChI=1S/C13H16Cl2N2O/c1-9(14)13(18)16-12-8-10(4-5-11(12)15)17-6-2-3-7-17/h4-5,8-9H,2-3,6-7H2,1H3,(H,16,18). The number of hydrogen-bond acceptors (Lipinski definition) is 2. The fourth-order valence-corrected chi connectivity index (χ4v) is 2.23. The maximum atomic E-state index is 11.6. The number of hydrogen-bond donors (Lipinski definition) is 1. The SMILES string of the molecule is CC(Cl)C(=O)Nc1cc(N2CCCC2)ccc1Cl. The Balaban J connectivity index is 2.18. The summed E-state index contributed by atoms with van der Waals surface area (Å²) < 4.78 is 0. The molecule has 1 N–H and O–H groups in total. The number of amides is 1. The third-order valence-corrected chi connectivity index (χ3v) is 3.57. The van der Waals surface area contributed by atoms with Crippen molar-refractivity contribution in [1.29, 1.82) is 0 Å². The molecule has 0 aliphatic carbocycles. The predicted molar refractivity (Wildman–Crippen MR) is 76.8 cm³/mol. The van der Waals surface area contributed by atoms with Crippen molar-refractivity contribution in [3.63, 3.8) is 0 Å². The molecule has 1 atom stereocenters. The van der Waals surface area contributed by atoms with Crippen LogP contribution in [0.25, 0.3) is 0 Å². The lowest BCUT2D eigenvalue weighted by atomic mass is 10.2. The number of anilines is 2.